The van der Waals surface area contributed by atoms with Crippen molar-refractivity contribution in [1.29, 1.82) is 0 Å². The highest BCUT2D eigenvalue weighted by atomic mass is 32.2. The Bertz CT molecular complexity index is 628. The number of amidine groups is 1. The molecular weight excluding hydrogens is 270 g/mol. The molecule has 0 radical (unpaired) electrons. The molecular formula is C15H13N3OS. The number of aliphatic imine (C=N–C) groups is 1. The van der Waals surface area contributed by atoms with Gasteiger partial charge in [0.1, 0.15) is 0 Å². The highest BCUT2D eigenvalue weighted by Crippen LogP contribution is 2.24. The van der Waals surface area contributed by atoms with E-state index < -0.39 is 0 Å². The third-order valence-electron chi connectivity index (χ3n) is 2.91. The first kappa shape index (κ1) is 12.9. The Hall–Kier alpha value is -2.14. The van der Waals surface area contributed by atoms with Crippen LogP contribution in [0.25, 0.3) is 0 Å². The minimum atomic E-state index is -0.125. The zero-order valence-corrected chi connectivity index (χ0v) is 11.5. The highest BCUT2D eigenvalue weighted by Gasteiger charge is 2.30. The minimum absolute atomic E-state index is 0.00790. The van der Waals surface area contributed by atoms with Crippen LogP contribution in [0.15, 0.2) is 59.7 Å². The zero-order valence-electron chi connectivity index (χ0n) is 10.7. The first-order valence-electron chi connectivity index (χ1n) is 6.32. The van der Waals surface area contributed by atoms with Gasteiger partial charge in [-0.2, -0.15) is 0 Å². The Morgan fingerprint density at radius 3 is 2.70 bits per heavy atom. The molecule has 1 aliphatic rings. The molecule has 1 aromatic heterocycles. The molecule has 1 saturated heterocycles. The molecule has 4 nitrogen and oxygen atoms in total. The van der Waals surface area contributed by atoms with Gasteiger partial charge < -0.3 is 5.32 Å². The van der Waals surface area contributed by atoms with Crippen LogP contribution in [0.2, 0.25) is 0 Å². The van der Waals surface area contributed by atoms with Crippen LogP contribution < -0.4 is 5.32 Å². The van der Waals surface area contributed by atoms with E-state index in [1.807, 2.05) is 48.5 Å². The number of rotatable bonds is 3. The van der Waals surface area contributed by atoms with E-state index in [9.17, 15) is 4.79 Å². The van der Waals surface area contributed by atoms with Crippen LogP contribution in [0.1, 0.15) is 5.56 Å². The van der Waals surface area contributed by atoms with Crippen molar-refractivity contribution in [2.45, 2.75) is 11.7 Å². The fourth-order valence-corrected chi connectivity index (χ4v) is 2.96. The van der Waals surface area contributed by atoms with Gasteiger partial charge in [0.05, 0.1) is 5.25 Å². The van der Waals surface area contributed by atoms with Crippen molar-refractivity contribution in [2.24, 2.45) is 4.99 Å². The predicted octanol–water partition coefficient (Wildman–Crippen LogP) is 2.54. The molecule has 1 atom stereocenters. The molecule has 100 valence electrons. The van der Waals surface area contributed by atoms with E-state index in [1.54, 1.807) is 6.20 Å². The molecule has 2 heterocycles. The van der Waals surface area contributed by atoms with Crippen LogP contribution in [0.5, 0.6) is 0 Å². The second kappa shape index (κ2) is 5.88. The summed E-state index contributed by atoms with van der Waals surface area (Å²) < 4.78 is 0. The van der Waals surface area contributed by atoms with Crippen molar-refractivity contribution in [2.75, 3.05) is 0 Å². The van der Waals surface area contributed by atoms with Crippen LogP contribution in [0, 0.1) is 0 Å². The topological polar surface area (TPSA) is 54.4 Å². The van der Waals surface area contributed by atoms with E-state index >= 15 is 0 Å². The van der Waals surface area contributed by atoms with Crippen molar-refractivity contribution >= 4 is 28.7 Å². The number of pyridine rings is 1. The van der Waals surface area contributed by atoms with Crippen molar-refractivity contribution in [3.8, 4) is 0 Å². The summed E-state index contributed by atoms with van der Waals surface area (Å²) in [5, 5.41) is 3.30. The lowest BCUT2D eigenvalue weighted by Gasteiger charge is -2.04. The maximum absolute atomic E-state index is 11.9. The van der Waals surface area contributed by atoms with E-state index in [-0.39, 0.29) is 11.2 Å². The molecule has 3 rings (SSSR count). The number of nitrogens with one attached hydrogen (secondary N) is 1. The Balaban J connectivity index is 1.71. The van der Waals surface area contributed by atoms with Crippen molar-refractivity contribution in [3.05, 3.63) is 60.3 Å². The average Bonchev–Trinajstić information content (AvgIpc) is 2.81. The van der Waals surface area contributed by atoms with E-state index in [0.717, 1.165) is 5.56 Å². The summed E-state index contributed by atoms with van der Waals surface area (Å²) in [6.45, 7) is 0. The first-order chi connectivity index (χ1) is 9.81. The predicted molar refractivity (Wildman–Crippen MR) is 81.0 cm³/mol. The zero-order chi connectivity index (χ0) is 13.8. The quantitative estimate of drug-likeness (QED) is 0.941. The highest BCUT2D eigenvalue weighted by molar-refractivity contribution is 8.15. The van der Waals surface area contributed by atoms with E-state index in [4.69, 9.17) is 0 Å². The molecule has 0 spiro atoms. The largest absolute Gasteiger partial charge is 0.304 e. The summed E-state index contributed by atoms with van der Waals surface area (Å²) in [4.78, 5) is 20.4. The van der Waals surface area contributed by atoms with E-state index in [2.05, 4.69) is 15.3 Å². The van der Waals surface area contributed by atoms with Gasteiger partial charge in [-0.3, -0.25) is 4.79 Å². The Labute approximate surface area is 121 Å². The van der Waals surface area contributed by atoms with Gasteiger partial charge in [-0.1, -0.05) is 48.2 Å². The fraction of sp³-hybridized carbons (Fsp3) is 0.133. The van der Waals surface area contributed by atoms with Crippen molar-refractivity contribution < 1.29 is 4.79 Å². The number of carbonyl (C=O) groups excluding carboxylic acids is 1. The van der Waals surface area contributed by atoms with Crippen molar-refractivity contribution in [1.82, 2.24) is 10.3 Å². The molecule has 1 aromatic carbocycles. The van der Waals surface area contributed by atoms with E-state index in [1.165, 1.54) is 11.8 Å². The number of nitrogens with zero attached hydrogens (tertiary/aromatic N) is 2. The fourth-order valence-electron chi connectivity index (χ4n) is 1.94. The van der Waals surface area contributed by atoms with Gasteiger partial charge in [-0.25, -0.2) is 9.98 Å². The van der Waals surface area contributed by atoms with Crippen LogP contribution in [0.4, 0.5) is 5.82 Å². The van der Waals surface area contributed by atoms with E-state index in [0.29, 0.717) is 17.4 Å². The molecule has 1 aliphatic heterocycles. The van der Waals surface area contributed by atoms with Crippen LogP contribution in [0.3, 0.4) is 0 Å². The molecule has 0 bridgehead atoms. The summed E-state index contributed by atoms with van der Waals surface area (Å²) in [5.74, 6) is 0.615. The first-order valence-corrected chi connectivity index (χ1v) is 7.20. The molecule has 0 saturated carbocycles. The summed E-state index contributed by atoms with van der Waals surface area (Å²) in [6, 6.07) is 15.5. The molecule has 0 unspecified atom stereocenters. The van der Waals surface area contributed by atoms with Gasteiger partial charge >= 0.3 is 0 Å². The lowest BCUT2D eigenvalue weighted by molar-refractivity contribution is -0.118. The lowest BCUT2D eigenvalue weighted by atomic mass is 10.1. The second-order valence-electron chi connectivity index (χ2n) is 4.39. The maximum Gasteiger partial charge on any atom is 0.239 e. The third kappa shape index (κ3) is 3.05. The van der Waals surface area contributed by atoms with Gasteiger partial charge in [0.15, 0.2) is 11.0 Å². The molecule has 1 amide bonds. The van der Waals surface area contributed by atoms with Gasteiger partial charge in [-0.15, -0.1) is 0 Å². The number of hydrogen-bond acceptors (Lipinski definition) is 4. The SMILES string of the molecule is O=C1N/C(=N\c2ccccn2)S[C@@H]1Cc1ccccc1. The smallest absolute Gasteiger partial charge is 0.239 e. The Morgan fingerprint density at radius 2 is 1.95 bits per heavy atom. The standard InChI is InChI=1S/C15H13N3OS/c19-14-12(10-11-6-2-1-3-7-11)20-15(18-14)17-13-8-4-5-9-16-13/h1-9,12H,10H2,(H,16,17,18,19)/t12-/m1/s1. The van der Waals surface area contributed by atoms with Crippen molar-refractivity contribution in [3.63, 3.8) is 0 Å². The number of aromatic nitrogens is 1. The van der Waals surface area contributed by atoms with Gasteiger partial charge in [0, 0.05) is 6.20 Å². The second-order valence-corrected chi connectivity index (χ2v) is 5.58. The summed E-state index contributed by atoms with van der Waals surface area (Å²) in [7, 11) is 0. The summed E-state index contributed by atoms with van der Waals surface area (Å²) >= 11 is 1.46. The van der Waals surface area contributed by atoms with Crippen LogP contribution in [-0.2, 0) is 11.2 Å². The van der Waals surface area contributed by atoms with Crippen LogP contribution in [-0.4, -0.2) is 21.3 Å². The molecule has 1 N–H and O–H groups in total. The van der Waals surface area contributed by atoms with Gasteiger partial charge in [0.25, 0.3) is 0 Å². The maximum atomic E-state index is 11.9. The molecule has 2 aromatic rings. The van der Waals surface area contributed by atoms with Gasteiger partial charge in [-0.05, 0) is 24.1 Å². The van der Waals surface area contributed by atoms with Gasteiger partial charge in [0.2, 0.25) is 5.91 Å². The van der Waals surface area contributed by atoms with Crippen LogP contribution >= 0.6 is 11.8 Å². The number of carbonyl (C=O) groups is 1. The monoisotopic (exact) mass is 283 g/mol. The third-order valence-corrected chi connectivity index (χ3v) is 3.99. The summed E-state index contributed by atoms with van der Waals surface area (Å²) in [5.41, 5.74) is 1.15. The Morgan fingerprint density at radius 1 is 1.15 bits per heavy atom. The molecule has 5 heteroatoms. The number of thioether (sulfide) groups is 1. The molecule has 0 aliphatic carbocycles. The number of amides is 1. The number of benzene rings is 1. The molecule has 1 fully saturated rings. The summed E-state index contributed by atoms with van der Waals surface area (Å²) in [6.07, 6.45) is 2.39. The minimum Gasteiger partial charge on any atom is -0.304 e. The molecule has 20 heavy (non-hydrogen) atoms. The lowest BCUT2D eigenvalue weighted by Crippen LogP contribution is -2.25. The average molecular weight is 283 g/mol. The Kier molecular flexibility index (Phi) is 3.78. The normalized spacial score (nSPS) is 20.1. The number of hydrogen-bond donors (Lipinski definition) is 1.